The highest BCUT2D eigenvalue weighted by atomic mass is 19.1. The van der Waals surface area contributed by atoms with Crippen molar-refractivity contribution in [3.63, 3.8) is 0 Å². The summed E-state index contributed by atoms with van der Waals surface area (Å²) in [7, 11) is 0. The number of hydrogen-bond acceptors (Lipinski definition) is 3. The molecule has 1 heterocycles. The van der Waals surface area contributed by atoms with Gasteiger partial charge in [-0.05, 0) is 48.7 Å². The summed E-state index contributed by atoms with van der Waals surface area (Å²) in [6.45, 7) is 3.59. The molecule has 0 aliphatic heterocycles. The number of benzene rings is 2. The molecule has 5 heteroatoms. The van der Waals surface area contributed by atoms with Gasteiger partial charge in [0.15, 0.2) is 0 Å². The van der Waals surface area contributed by atoms with Crippen molar-refractivity contribution in [3.05, 3.63) is 75.1 Å². The van der Waals surface area contributed by atoms with Crippen LogP contribution in [0, 0.1) is 18.6 Å². The molecule has 0 saturated heterocycles. The maximum absolute atomic E-state index is 13.8. The van der Waals surface area contributed by atoms with Crippen LogP contribution in [-0.4, -0.2) is 0 Å². The summed E-state index contributed by atoms with van der Waals surface area (Å²) >= 11 is 0. The minimum atomic E-state index is -0.655. The summed E-state index contributed by atoms with van der Waals surface area (Å²) in [4.78, 5) is 11.8. The van der Waals surface area contributed by atoms with E-state index in [4.69, 9.17) is 9.15 Å². The van der Waals surface area contributed by atoms with Gasteiger partial charge in [0.25, 0.3) is 0 Å². The molecule has 0 radical (unpaired) electrons. The highest BCUT2D eigenvalue weighted by Crippen LogP contribution is 2.31. The Morgan fingerprint density at radius 3 is 2.52 bits per heavy atom. The highest BCUT2D eigenvalue weighted by molar-refractivity contribution is 5.87. The minimum Gasteiger partial charge on any atom is -0.488 e. The van der Waals surface area contributed by atoms with E-state index in [1.165, 1.54) is 24.3 Å². The van der Waals surface area contributed by atoms with E-state index in [9.17, 15) is 13.6 Å². The second-order valence-electron chi connectivity index (χ2n) is 5.97. The molecule has 130 valence electrons. The molecule has 0 unspecified atom stereocenters. The van der Waals surface area contributed by atoms with Crippen LogP contribution in [0.15, 0.2) is 45.6 Å². The highest BCUT2D eigenvalue weighted by Gasteiger charge is 2.14. The number of fused-ring (bicyclic) bond motifs is 1. The molecule has 3 aromatic rings. The lowest BCUT2D eigenvalue weighted by molar-refractivity contribution is 0.295. The molecule has 0 bridgehead atoms. The normalized spacial score (nSPS) is 11.0. The van der Waals surface area contributed by atoms with Gasteiger partial charge >= 0.3 is 5.63 Å². The second kappa shape index (κ2) is 7.05. The van der Waals surface area contributed by atoms with E-state index >= 15 is 0 Å². The Bertz CT molecular complexity index is 956. The largest absolute Gasteiger partial charge is 0.488 e. The molecule has 0 aliphatic rings. The van der Waals surface area contributed by atoms with Crippen LogP contribution in [0.5, 0.6) is 5.75 Å². The van der Waals surface area contributed by atoms with Gasteiger partial charge in [0, 0.05) is 6.07 Å². The van der Waals surface area contributed by atoms with Gasteiger partial charge in [0.05, 0.1) is 10.9 Å². The lowest BCUT2D eigenvalue weighted by Crippen LogP contribution is -2.05. The topological polar surface area (TPSA) is 39.4 Å². The van der Waals surface area contributed by atoms with Gasteiger partial charge in [-0.1, -0.05) is 19.4 Å². The summed E-state index contributed by atoms with van der Waals surface area (Å²) in [6, 6.07) is 8.67. The molecule has 25 heavy (non-hydrogen) atoms. The summed E-state index contributed by atoms with van der Waals surface area (Å²) in [5, 5.41) is 0.670. The fourth-order valence-electron chi connectivity index (χ4n) is 2.87. The third-order valence-electron chi connectivity index (χ3n) is 3.99. The zero-order chi connectivity index (χ0) is 18.0. The maximum Gasteiger partial charge on any atom is 0.336 e. The molecule has 3 nitrogen and oxygen atoms in total. The maximum atomic E-state index is 13.8. The number of rotatable bonds is 5. The molecule has 0 fully saturated rings. The molecule has 0 N–H and O–H groups in total. The van der Waals surface area contributed by atoms with E-state index in [0.29, 0.717) is 23.1 Å². The standard InChI is InChI=1S/C20H18F2O3/c1-3-5-13-10-19(23)25-18-9-12(2)8-17(20(13)18)24-11-14-15(21)6-4-7-16(14)22/h4,6-10H,3,5,11H2,1-2H3. The SMILES string of the molecule is CCCc1cc(=O)oc2cc(C)cc(OCc3c(F)cccc3F)c12. The van der Waals surface area contributed by atoms with E-state index in [-0.39, 0.29) is 12.2 Å². The first kappa shape index (κ1) is 17.1. The Kier molecular flexibility index (Phi) is 4.83. The zero-order valence-corrected chi connectivity index (χ0v) is 14.1. The quantitative estimate of drug-likeness (QED) is 0.617. The van der Waals surface area contributed by atoms with E-state index in [1.807, 2.05) is 13.8 Å². The summed E-state index contributed by atoms with van der Waals surface area (Å²) in [6.07, 6.45) is 1.52. The van der Waals surface area contributed by atoms with Gasteiger partial charge in [-0.15, -0.1) is 0 Å². The lowest BCUT2D eigenvalue weighted by Gasteiger charge is -2.13. The van der Waals surface area contributed by atoms with E-state index < -0.39 is 17.3 Å². The first-order chi connectivity index (χ1) is 12.0. The summed E-state index contributed by atoms with van der Waals surface area (Å²) in [5.41, 5.74) is 1.49. The van der Waals surface area contributed by atoms with Gasteiger partial charge in [-0.2, -0.15) is 0 Å². The van der Waals surface area contributed by atoms with Crippen molar-refractivity contribution in [2.45, 2.75) is 33.3 Å². The Morgan fingerprint density at radius 1 is 1.12 bits per heavy atom. The fourth-order valence-corrected chi connectivity index (χ4v) is 2.87. The van der Waals surface area contributed by atoms with Crippen molar-refractivity contribution < 1.29 is 17.9 Å². The van der Waals surface area contributed by atoms with Gasteiger partial charge in [0.2, 0.25) is 0 Å². The molecule has 1 aromatic heterocycles. The van der Waals surface area contributed by atoms with Crippen LogP contribution in [0.25, 0.3) is 11.0 Å². The molecule has 0 spiro atoms. The van der Waals surface area contributed by atoms with E-state index in [0.717, 1.165) is 17.5 Å². The fraction of sp³-hybridized carbons (Fsp3) is 0.250. The molecule has 3 rings (SSSR count). The number of ether oxygens (including phenoxy) is 1. The van der Waals surface area contributed by atoms with E-state index in [1.54, 1.807) is 12.1 Å². The van der Waals surface area contributed by atoms with Crippen LogP contribution in [0.2, 0.25) is 0 Å². The van der Waals surface area contributed by atoms with Crippen LogP contribution in [0.1, 0.15) is 30.0 Å². The Hall–Kier alpha value is -2.69. The Balaban J connectivity index is 2.07. The second-order valence-corrected chi connectivity index (χ2v) is 5.97. The smallest absolute Gasteiger partial charge is 0.336 e. The third-order valence-corrected chi connectivity index (χ3v) is 3.99. The van der Waals surface area contributed by atoms with Crippen molar-refractivity contribution in [2.75, 3.05) is 0 Å². The average molecular weight is 344 g/mol. The molecule has 2 aromatic carbocycles. The van der Waals surface area contributed by atoms with Gasteiger partial charge in [-0.3, -0.25) is 0 Å². The Labute approximate surface area is 143 Å². The molecule has 0 saturated carbocycles. The predicted octanol–water partition coefficient (Wildman–Crippen LogP) is 4.91. The lowest BCUT2D eigenvalue weighted by atomic mass is 10.0. The average Bonchev–Trinajstić information content (AvgIpc) is 2.53. The van der Waals surface area contributed by atoms with Crippen LogP contribution >= 0.6 is 0 Å². The van der Waals surface area contributed by atoms with Crippen molar-refractivity contribution in [2.24, 2.45) is 0 Å². The molecule has 0 aliphatic carbocycles. The van der Waals surface area contributed by atoms with E-state index in [2.05, 4.69) is 0 Å². The zero-order valence-electron chi connectivity index (χ0n) is 14.1. The van der Waals surface area contributed by atoms with Crippen LogP contribution in [0.4, 0.5) is 8.78 Å². The number of hydrogen-bond donors (Lipinski definition) is 0. The van der Waals surface area contributed by atoms with Crippen LogP contribution < -0.4 is 10.4 Å². The summed E-state index contributed by atoms with van der Waals surface area (Å²) < 4.78 is 38.7. The van der Waals surface area contributed by atoms with Crippen molar-refractivity contribution in [1.82, 2.24) is 0 Å². The summed E-state index contributed by atoms with van der Waals surface area (Å²) in [5.74, 6) is -0.862. The molecule has 0 atom stereocenters. The van der Waals surface area contributed by atoms with Crippen LogP contribution in [-0.2, 0) is 13.0 Å². The Morgan fingerprint density at radius 2 is 1.84 bits per heavy atom. The minimum absolute atomic E-state index is 0.133. The number of aryl methyl sites for hydroxylation is 2. The molecule has 0 amide bonds. The first-order valence-corrected chi connectivity index (χ1v) is 8.12. The van der Waals surface area contributed by atoms with Crippen molar-refractivity contribution >= 4 is 11.0 Å². The van der Waals surface area contributed by atoms with Gasteiger partial charge in [0.1, 0.15) is 29.6 Å². The number of halogens is 2. The molecular weight excluding hydrogens is 326 g/mol. The monoisotopic (exact) mass is 344 g/mol. The van der Waals surface area contributed by atoms with Gasteiger partial charge < -0.3 is 9.15 Å². The third kappa shape index (κ3) is 3.55. The predicted molar refractivity (Wildman–Crippen MR) is 91.9 cm³/mol. The molecular formula is C20H18F2O3. The van der Waals surface area contributed by atoms with Gasteiger partial charge in [-0.25, -0.2) is 13.6 Å². The first-order valence-electron chi connectivity index (χ1n) is 8.12. The van der Waals surface area contributed by atoms with Crippen molar-refractivity contribution in [3.8, 4) is 5.75 Å². The van der Waals surface area contributed by atoms with Crippen molar-refractivity contribution in [1.29, 1.82) is 0 Å². The van der Waals surface area contributed by atoms with Crippen LogP contribution in [0.3, 0.4) is 0 Å².